The Balaban J connectivity index is 1.85. The lowest BCUT2D eigenvalue weighted by atomic mass is 10.1. The van der Waals surface area contributed by atoms with E-state index in [1.165, 1.54) is 17.0 Å². The normalized spacial score (nSPS) is 11.6. The summed E-state index contributed by atoms with van der Waals surface area (Å²) in [5.74, 6) is -6.59. The SMILES string of the molecule is CC(CN(C(=O)c1cccc(F)c1F)c1ccccc1)NC(=O)c1cccc(F)c1F. The van der Waals surface area contributed by atoms with Crippen LogP contribution in [0.25, 0.3) is 0 Å². The van der Waals surface area contributed by atoms with Crippen molar-refractivity contribution in [2.45, 2.75) is 13.0 Å². The number of benzene rings is 3. The van der Waals surface area contributed by atoms with E-state index < -0.39 is 52.3 Å². The quantitative estimate of drug-likeness (QED) is 0.576. The highest BCUT2D eigenvalue weighted by molar-refractivity contribution is 6.06. The minimum Gasteiger partial charge on any atom is -0.348 e. The van der Waals surface area contributed by atoms with Gasteiger partial charge in [0.05, 0.1) is 11.1 Å². The molecule has 160 valence electrons. The van der Waals surface area contributed by atoms with Gasteiger partial charge in [0.1, 0.15) is 0 Å². The summed E-state index contributed by atoms with van der Waals surface area (Å²) in [7, 11) is 0. The van der Waals surface area contributed by atoms with Gasteiger partial charge in [-0.3, -0.25) is 9.59 Å². The molecule has 1 atom stereocenters. The van der Waals surface area contributed by atoms with Crippen molar-refractivity contribution < 1.29 is 27.2 Å². The molecule has 3 rings (SSSR count). The lowest BCUT2D eigenvalue weighted by Crippen LogP contribution is -2.45. The molecule has 31 heavy (non-hydrogen) atoms. The molecule has 0 aliphatic carbocycles. The number of hydrogen-bond acceptors (Lipinski definition) is 2. The second kappa shape index (κ2) is 9.42. The molecule has 0 aromatic heterocycles. The Bertz CT molecular complexity index is 1110. The monoisotopic (exact) mass is 430 g/mol. The first-order valence-corrected chi connectivity index (χ1v) is 9.35. The predicted octanol–water partition coefficient (Wildman–Crippen LogP) is 4.71. The van der Waals surface area contributed by atoms with Gasteiger partial charge in [-0.2, -0.15) is 0 Å². The van der Waals surface area contributed by atoms with Gasteiger partial charge >= 0.3 is 0 Å². The number of halogens is 4. The van der Waals surface area contributed by atoms with E-state index >= 15 is 0 Å². The lowest BCUT2D eigenvalue weighted by molar-refractivity contribution is 0.0922. The average Bonchev–Trinajstić information content (AvgIpc) is 2.76. The molecule has 0 bridgehead atoms. The summed E-state index contributed by atoms with van der Waals surface area (Å²) >= 11 is 0. The predicted molar refractivity (Wildman–Crippen MR) is 108 cm³/mol. The second-order valence-electron chi connectivity index (χ2n) is 6.83. The molecule has 0 fully saturated rings. The summed E-state index contributed by atoms with van der Waals surface area (Å²) in [6.45, 7) is 1.40. The Hall–Kier alpha value is -3.68. The highest BCUT2D eigenvalue weighted by Crippen LogP contribution is 2.20. The van der Waals surface area contributed by atoms with E-state index in [9.17, 15) is 27.2 Å². The molecule has 0 aliphatic heterocycles. The number of hydrogen-bond donors (Lipinski definition) is 1. The molecule has 0 spiro atoms. The van der Waals surface area contributed by atoms with Crippen molar-refractivity contribution >= 4 is 17.5 Å². The molecule has 4 nitrogen and oxygen atoms in total. The molecule has 1 N–H and O–H groups in total. The van der Waals surface area contributed by atoms with Gasteiger partial charge in [-0.25, -0.2) is 17.6 Å². The van der Waals surface area contributed by atoms with Crippen LogP contribution in [0.15, 0.2) is 66.7 Å². The molecule has 0 radical (unpaired) electrons. The van der Waals surface area contributed by atoms with Gasteiger partial charge in [-0.05, 0) is 43.3 Å². The highest BCUT2D eigenvalue weighted by atomic mass is 19.2. The third-order valence-electron chi connectivity index (χ3n) is 4.53. The molecule has 1 unspecified atom stereocenters. The molecular formula is C23H18F4N2O2. The first kappa shape index (κ1) is 22.0. The number of nitrogens with zero attached hydrogens (tertiary/aromatic N) is 1. The summed E-state index contributed by atoms with van der Waals surface area (Å²) in [4.78, 5) is 26.5. The number of rotatable bonds is 6. The first-order valence-electron chi connectivity index (χ1n) is 9.35. The molecule has 2 amide bonds. The standard InChI is InChI=1S/C23H18F4N2O2/c1-14(28-22(30)16-9-5-11-18(24)20(16)26)13-29(15-7-3-2-4-8-15)23(31)17-10-6-12-19(25)21(17)27/h2-12,14H,13H2,1H3,(H,28,30). The maximum Gasteiger partial charge on any atom is 0.261 e. The minimum atomic E-state index is -1.29. The van der Waals surface area contributed by atoms with Crippen molar-refractivity contribution in [3.8, 4) is 0 Å². The lowest BCUT2D eigenvalue weighted by Gasteiger charge is -2.27. The van der Waals surface area contributed by atoms with Crippen LogP contribution in [0, 0.1) is 23.3 Å². The highest BCUT2D eigenvalue weighted by Gasteiger charge is 2.25. The van der Waals surface area contributed by atoms with Gasteiger partial charge < -0.3 is 10.2 Å². The second-order valence-corrected chi connectivity index (χ2v) is 6.83. The maximum absolute atomic E-state index is 14.2. The van der Waals surface area contributed by atoms with Crippen LogP contribution < -0.4 is 10.2 Å². The average molecular weight is 430 g/mol. The fraction of sp³-hybridized carbons (Fsp3) is 0.130. The Kier molecular flexibility index (Phi) is 6.69. The van der Waals surface area contributed by atoms with Crippen LogP contribution in [0.5, 0.6) is 0 Å². The van der Waals surface area contributed by atoms with Crippen molar-refractivity contribution in [3.05, 3.63) is 101 Å². The Labute approximate surface area is 176 Å². The number of amides is 2. The van der Waals surface area contributed by atoms with Crippen LogP contribution >= 0.6 is 0 Å². The Morgan fingerprint density at radius 2 is 1.35 bits per heavy atom. The molecular weight excluding hydrogens is 412 g/mol. The molecule has 3 aromatic carbocycles. The smallest absolute Gasteiger partial charge is 0.261 e. The van der Waals surface area contributed by atoms with Gasteiger partial charge in [0.15, 0.2) is 23.3 Å². The van der Waals surface area contributed by atoms with E-state index in [1.807, 2.05) is 0 Å². The summed E-state index contributed by atoms with van der Waals surface area (Å²) in [5, 5.41) is 2.49. The van der Waals surface area contributed by atoms with E-state index in [0.29, 0.717) is 5.69 Å². The zero-order valence-electron chi connectivity index (χ0n) is 16.4. The van der Waals surface area contributed by atoms with Crippen molar-refractivity contribution in [2.75, 3.05) is 11.4 Å². The van der Waals surface area contributed by atoms with Crippen LogP contribution in [0.2, 0.25) is 0 Å². The third-order valence-corrected chi connectivity index (χ3v) is 4.53. The Morgan fingerprint density at radius 1 is 0.806 bits per heavy atom. The summed E-state index contributed by atoms with van der Waals surface area (Å²) in [5.41, 5.74) is -0.576. The van der Waals surface area contributed by atoms with Crippen LogP contribution in [0.1, 0.15) is 27.6 Å². The number of carbonyl (C=O) groups excluding carboxylic acids is 2. The van der Waals surface area contributed by atoms with Crippen LogP contribution in [-0.4, -0.2) is 24.4 Å². The van der Waals surface area contributed by atoms with Crippen LogP contribution in [-0.2, 0) is 0 Å². The van der Waals surface area contributed by atoms with E-state index in [1.54, 1.807) is 37.3 Å². The van der Waals surface area contributed by atoms with Gasteiger partial charge in [0.2, 0.25) is 0 Å². The number of anilines is 1. The maximum atomic E-state index is 14.2. The fourth-order valence-corrected chi connectivity index (χ4v) is 3.03. The zero-order valence-corrected chi connectivity index (χ0v) is 16.4. The van der Waals surface area contributed by atoms with Gasteiger partial charge in [0, 0.05) is 18.3 Å². The van der Waals surface area contributed by atoms with E-state index in [4.69, 9.17) is 0 Å². The zero-order chi connectivity index (χ0) is 22.5. The minimum absolute atomic E-state index is 0.137. The number of carbonyl (C=O) groups is 2. The molecule has 0 saturated heterocycles. The van der Waals surface area contributed by atoms with E-state index in [2.05, 4.69) is 5.32 Å². The van der Waals surface area contributed by atoms with Crippen LogP contribution in [0.4, 0.5) is 23.2 Å². The summed E-state index contributed by atoms with van der Waals surface area (Å²) < 4.78 is 55.1. The number of para-hydroxylation sites is 1. The first-order chi connectivity index (χ1) is 14.8. The molecule has 0 saturated carbocycles. The van der Waals surface area contributed by atoms with E-state index in [0.717, 1.165) is 24.3 Å². The Morgan fingerprint density at radius 3 is 1.97 bits per heavy atom. The summed E-state index contributed by atoms with van der Waals surface area (Å²) in [6.07, 6.45) is 0. The third kappa shape index (κ3) is 4.91. The van der Waals surface area contributed by atoms with Crippen molar-refractivity contribution in [1.29, 1.82) is 0 Å². The number of nitrogens with one attached hydrogen (secondary N) is 1. The fourth-order valence-electron chi connectivity index (χ4n) is 3.03. The van der Waals surface area contributed by atoms with Crippen molar-refractivity contribution in [1.82, 2.24) is 5.32 Å². The van der Waals surface area contributed by atoms with Crippen LogP contribution in [0.3, 0.4) is 0 Å². The topological polar surface area (TPSA) is 49.4 Å². The van der Waals surface area contributed by atoms with Crippen molar-refractivity contribution in [3.63, 3.8) is 0 Å². The molecule has 8 heteroatoms. The van der Waals surface area contributed by atoms with Gasteiger partial charge in [-0.1, -0.05) is 30.3 Å². The van der Waals surface area contributed by atoms with Gasteiger partial charge in [-0.15, -0.1) is 0 Å². The largest absolute Gasteiger partial charge is 0.348 e. The molecule has 3 aromatic rings. The summed E-state index contributed by atoms with van der Waals surface area (Å²) in [6, 6.07) is 14.0. The molecule has 0 heterocycles. The van der Waals surface area contributed by atoms with E-state index in [-0.39, 0.29) is 6.54 Å². The molecule has 0 aliphatic rings. The van der Waals surface area contributed by atoms with Crippen molar-refractivity contribution in [2.24, 2.45) is 0 Å². The van der Waals surface area contributed by atoms with Gasteiger partial charge in [0.25, 0.3) is 11.8 Å².